The topological polar surface area (TPSA) is 41.8 Å². The Kier molecular flexibility index (Phi) is 5.00. The molecule has 2 nitrogen and oxygen atoms in total. The van der Waals surface area contributed by atoms with Gasteiger partial charge in [-0.25, -0.2) is 0 Å². The number of benzene rings is 3. The summed E-state index contributed by atoms with van der Waals surface area (Å²) in [4.78, 5) is 3.58. The number of nitrogens with one attached hydrogen (secondary N) is 1. The quantitative estimate of drug-likeness (QED) is 0.270. The molecule has 0 saturated carbocycles. The van der Waals surface area contributed by atoms with Crippen LogP contribution in [0.4, 0.5) is 0 Å². The van der Waals surface area contributed by atoms with Gasteiger partial charge in [0.1, 0.15) is 0 Å². The molecule has 5 rings (SSSR count). The van der Waals surface area contributed by atoms with Crippen LogP contribution in [0.3, 0.4) is 0 Å². The molecular formula is C24H20Cl2N2S. The Labute approximate surface area is 183 Å². The predicted octanol–water partition coefficient (Wildman–Crippen LogP) is 7.79. The molecule has 0 aliphatic carbocycles. The van der Waals surface area contributed by atoms with Crippen LogP contribution in [0, 0.1) is 0 Å². The molecule has 2 heterocycles. The first-order valence-electron chi connectivity index (χ1n) is 9.77. The predicted molar refractivity (Wildman–Crippen MR) is 129 cm³/mol. The molecule has 146 valence electrons. The molecule has 0 saturated heterocycles. The van der Waals surface area contributed by atoms with E-state index >= 15 is 0 Å². The van der Waals surface area contributed by atoms with Gasteiger partial charge in [-0.15, -0.1) is 11.3 Å². The van der Waals surface area contributed by atoms with Gasteiger partial charge in [-0.1, -0.05) is 53.5 Å². The van der Waals surface area contributed by atoms with Crippen LogP contribution in [0.5, 0.6) is 0 Å². The third kappa shape index (κ3) is 3.23. The first-order valence-corrected chi connectivity index (χ1v) is 11.3. The molecule has 3 aromatic carbocycles. The largest absolute Gasteiger partial charge is 0.353 e. The minimum atomic E-state index is 0.569. The summed E-state index contributed by atoms with van der Waals surface area (Å²) in [6, 6.07) is 19.2. The Bertz CT molecular complexity index is 1350. The molecule has 29 heavy (non-hydrogen) atoms. The zero-order valence-electron chi connectivity index (χ0n) is 15.8. The molecule has 0 atom stereocenters. The van der Waals surface area contributed by atoms with Gasteiger partial charge in [-0.2, -0.15) is 0 Å². The third-order valence-electron chi connectivity index (χ3n) is 5.52. The van der Waals surface area contributed by atoms with Gasteiger partial charge in [0.05, 0.1) is 15.6 Å². The molecule has 0 spiro atoms. The molecule has 0 unspecified atom stereocenters. The van der Waals surface area contributed by atoms with E-state index in [0.717, 1.165) is 35.9 Å². The lowest BCUT2D eigenvalue weighted by atomic mass is 9.99. The van der Waals surface area contributed by atoms with Crippen molar-refractivity contribution in [1.82, 2.24) is 4.98 Å². The number of hydrogen-bond donors (Lipinski definition) is 2. The van der Waals surface area contributed by atoms with E-state index in [0.29, 0.717) is 16.6 Å². The fourth-order valence-electron chi connectivity index (χ4n) is 4.09. The Morgan fingerprint density at radius 2 is 1.69 bits per heavy atom. The van der Waals surface area contributed by atoms with Gasteiger partial charge >= 0.3 is 0 Å². The smallest absolute Gasteiger partial charge is 0.0833 e. The van der Waals surface area contributed by atoms with Gasteiger partial charge < -0.3 is 10.7 Å². The lowest BCUT2D eigenvalue weighted by Crippen LogP contribution is -1.99. The molecule has 0 radical (unpaired) electrons. The lowest BCUT2D eigenvalue weighted by Gasteiger charge is -2.06. The van der Waals surface area contributed by atoms with Crippen LogP contribution in [-0.4, -0.2) is 11.5 Å². The third-order valence-corrected chi connectivity index (χ3v) is 7.47. The lowest BCUT2D eigenvalue weighted by molar-refractivity contribution is 0.748. The van der Waals surface area contributed by atoms with E-state index in [1.807, 2.05) is 17.4 Å². The van der Waals surface area contributed by atoms with Crippen LogP contribution in [0.15, 0.2) is 54.6 Å². The maximum absolute atomic E-state index is 6.53. The maximum Gasteiger partial charge on any atom is 0.0833 e. The van der Waals surface area contributed by atoms with Gasteiger partial charge in [-0.3, -0.25) is 0 Å². The highest BCUT2D eigenvalue weighted by Crippen LogP contribution is 2.40. The molecule has 0 aliphatic rings. The Morgan fingerprint density at radius 1 is 0.862 bits per heavy atom. The fraction of sp³-hybridized carbons (Fsp3) is 0.167. The number of thiophene rings is 1. The number of fused-ring (bicyclic) bond motifs is 4. The van der Waals surface area contributed by atoms with E-state index in [9.17, 15) is 0 Å². The van der Waals surface area contributed by atoms with Crippen LogP contribution >= 0.6 is 34.5 Å². The minimum Gasteiger partial charge on any atom is -0.353 e. The summed E-state index contributed by atoms with van der Waals surface area (Å²) in [5.41, 5.74) is 10.2. The fourth-order valence-corrected chi connectivity index (χ4v) is 5.55. The van der Waals surface area contributed by atoms with E-state index in [1.165, 1.54) is 31.3 Å². The van der Waals surface area contributed by atoms with E-state index in [4.69, 9.17) is 28.9 Å². The second-order valence-corrected chi connectivity index (χ2v) is 9.19. The molecule has 3 N–H and O–H groups in total. The number of aromatic nitrogens is 1. The van der Waals surface area contributed by atoms with E-state index < -0.39 is 0 Å². The van der Waals surface area contributed by atoms with Crippen LogP contribution in [0.2, 0.25) is 10.0 Å². The van der Waals surface area contributed by atoms with Gasteiger partial charge in [0.25, 0.3) is 0 Å². The van der Waals surface area contributed by atoms with Crippen molar-refractivity contribution in [1.29, 1.82) is 0 Å². The summed E-state index contributed by atoms with van der Waals surface area (Å²) in [5, 5.41) is 4.88. The van der Waals surface area contributed by atoms with Crippen molar-refractivity contribution < 1.29 is 0 Å². The number of nitrogens with two attached hydrogens (primary N) is 1. The van der Waals surface area contributed by atoms with Crippen molar-refractivity contribution in [3.63, 3.8) is 0 Å². The summed E-state index contributed by atoms with van der Waals surface area (Å²) in [6.07, 6.45) is 2.99. The van der Waals surface area contributed by atoms with E-state index in [2.05, 4.69) is 53.5 Å². The second kappa shape index (κ2) is 7.66. The first-order chi connectivity index (χ1) is 14.2. The van der Waals surface area contributed by atoms with Crippen LogP contribution < -0.4 is 5.73 Å². The number of aromatic amines is 1. The van der Waals surface area contributed by atoms with Gasteiger partial charge in [0.15, 0.2) is 0 Å². The molecule has 0 amide bonds. The molecule has 2 aromatic heterocycles. The van der Waals surface area contributed by atoms with Crippen LogP contribution in [0.1, 0.15) is 18.4 Å². The zero-order chi connectivity index (χ0) is 20.0. The highest BCUT2D eigenvalue weighted by atomic mass is 35.5. The number of halogens is 2. The summed E-state index contributed by atoms with van der Waals surface area (Å²) in [5.74, 6) is 0. The molecule has 0 aliphatic heterocycles. The van der Waals surface area contributed by atoms with Crippen LogP contribution in [0.25, 0.3) is 42.3 Å². The van der Waals surface area contributed by atoms with E-state index in [1.54, 1.807) is 0 Å². The summed E-state index contributed by atoms with van der Waals surface area (Å²) >= 11 is 14.7. The number of hydrogen-bond acceptors (Lipinski definition) is 2. The average molecular weight is 439 g/mol. The Morgan fingerprint density at radius 3 is 2.55 bits per heavy atom. The first kappa shape index (κ1) is 19.0. The highest BCUT2D eigenvalue weighted by Gasteiger charge is 2.17. The molecule has 0 bridgehead atoms. The average Bonchev–Trinajstić information content (AvgIpc) is 3.29. The van der Waals surface area contributed by atoms with Gasteiger partial charge in [0.2, 0.25) is 0 Å². The molecular weight excluding hydrogens is 419 g/mol. The van der Waals surface area contributed by atoms with Crippen molar-refractivity contribution >= 4 is 65.6 Å². The van der Waals surface area contributed by atoms with Crippen molar-refractivity contribution in [2.75, 3.05) is 6.54 Å². The Balaban J connectivity index is 1.73. The summed E-state index contributed by atoms with van der Waals surface area (Å²) in [7, 11) is 0. The number of rotatable bonds is 5. The minimum absolute atomic E-state index is 0.569. The summed E-state index contributed by atoms with van der Waals surface area (Å²) < 4.78 is 2.62. The Hall–Kier alpha value is -2.04. The standard InChI is InChI=1S/C24H20Cl2N2S/c25-19-10-9-17-16(6-3-4-12-27)23(28-24(17)22(19)26)14-8-11-21-18(13-14)15-5-1-2-7-20(15)29-21/h1-2,5,7-11,13,28H,3-4,6,12,27H2. The van der Waals surface area contributed by atoms with Gasteiger partial charge in [0, 0.05) is 31.3 Å². The number of unbranched alkanes of at least 4 members (excludes halogenated alkanes) is 1. The van der Waals surface area contributed by atoms with Crippen LogP contribution in [-0.2, 0) is 6.42 Å². The molecule has 5 heteroatoms. The van der Waals surface area contributed by atoms with Crippen molar-refractivity contribution in [2.45, 2.75) is 19.3 Å². The summed E-state index contributed by atoms with van der Waals surface area (Å²) in [6.45, 7) is 0.705. The van der Waals surface area contributed by atoms with Gasteiger partial charge in [-0.05, 0) is 61.2 Å². The van der Waals surface area contributed by atoms with Crippen molar-refractivity contribution in [2.24, 2.45) is 5.73 Å². The molecule has 0 fully saturated rings. The highest BCUT2D eigenvalue weighted by molar-refractivity contribution is 7.25. The van der Waals surface area contributed by atoms with E-state index in [-0.39, 0.29) is 0 Å². The van der Waals surface area contributed by atoms with Crippen molar-refractivity contribution in [3.05, 3.63) is 70.2 Å². The second-order valence-electron chi connectivity index (χ2n) is 7.32. The normalized spacial score (nSPS) is 11.8. The monoisotopic (exact) mass is 438 g/mol. The molecule has 5 aromatic rings. The SMILES string of the molecule is NCCCCc1c(-c2ccc3sc4ccccc4c3c2)[nH]c2c(Cl)c(Cl)ccc12. The zero-order valence-corrected chi connectivity index (χ0v) is 18.1. The van der Waals surface area contributed by atoms with Crippen molar-refractivity contribution in [3.8, 4) is 11.3 Å². The number of aryl methyl sites for hydroxylation is 1. The number of H-pyrrole nitrogens is 1. The maximum atomic E-state index is 6.53.